The summed E-state index contributed by atoms with van der Waals surface area (Å²) >= 11 is 0. The lowest BCUT2D eigenvalue weighted by atomic mass is 9.79. The maximum absolute atomic E-state index is 11.9. The van der Waals surface area contributed by atoms with E-state index in [2.05, 4.69) is 12.2 Å². The van der Waals surface area contributed by atoms with E-state index in [0.29, 0.717) is 5.92 Å². The number of carbonyl (C=O) groups excluding carboxylic acids is 1. The first-order valence-electron chi connectivity index (χ1n) is 6.65. The molecule has 0 bridgehead atoms. The molecule has 1 saturated carbocycles. The van der Waals surface area contributed by atoms with Crippen molar-refractivity contribution in [1.82, 2.24) is 5.32 Å². The van der Waals surface area contributed by atoms with Crippen LogP contribution >= 0.6 is 0 Å². The highest BCUT2D eigenvalue weighted by atomic mass is 16.5. The Bertz CT molecular complexity index is 223. The van der Waals surface area contributed by atoms with Crippen molar-refractivity contribution in [2.24, 2.45) is 17.6 Å². The van der Waals surface area contributed by atoms with Crippen molar-refractivity contribution < 1.29 is 9.53 Å². The molecule has 100 valence electrons. The molecule has 1 amide bonds. The second-order valence-electron chi connectivity index (χ2n) is 5.26. The second-order valence-corrected chi connectivity index (χ2v) is 5.26. The molecule has 0 aliphatic heterocycles. The molecule has 1 aliphatic rings. The molecule has 4 heteroatoms. The molecular formula is C13H26N2O2. The van der Waals surface area contributed by atoms with E-state index in [1.54, 1.807) is 7.11 Å². The van der Waals surface area contributed by atoms with Gasteiger partial charge >= 0.3 is 0 Å². The zero-order chi connectivity index (χ0) is 12.7. The fourth-order valence-corrected chi connectivity index (χ4v) is 2.60. The molecule has 0 radical (unpaired) electrons. The van der Waals surface area contributed by atoms with Crippen LogP contribution in [0.1, 0.15) is 39.0 Å². The van der Waals surface area contributed by atoms with Gasteiger partial charge in [-0.3, -0.25) is 4.79 Å². The van der Waals surface area contributed by atoms with Gasteiger partial charge in [0.1, 0.15) is 0 Å². The molecule has 3 N–H and O–H groups in total. The van der Waals surface area contributed by atoms with Gasteiger partial charge in [-0.25, -0.2) is 0 Å². The monoisotopic (exact) mass is 242 g/mol. The lowest BCUT2D eigenvalue weighted by Crippen LogP contribution is -2.40. The molecule has 3 unspecified atom stereocenters. The normalized spacial score (nSPS) is 29.0. The third-order valence-corrected chi connectivity index (χ3v) is 3.42. The molecule has 1 rings (SSSR count). The fourth-order valence-electron chi connectivity index (χ4n) is 2.60. The van der Waals surface area contributed by atoms with Gasteiger partial charge in [0.15, 0.2) is 0 Å². The molecule has 0 heterocycles. The van der Waals surface area contributed by atoms with E-state index in [4.69, 9.17) is 10.5 Å². The van der Waals surface area contributed by atoms with Crippen LogP contribution in [0, 0.1) is 11.8 Å². The number of hydrogen-bond acceptors (Lipinski definition) is 3. The van der Waals surface area contributed by atoms with Gasteiger partial charge in [0, 0.05) is 32.2 Å². The number of nitrogens with two attached hydrogens (primary N) is 1. The Morgan fingerprint density at radius 1 is 1.35 bits per heavy atom. The predicted molar refractivity (Wildman–Crippen MR) is 68.6 cm³/mol. The number of rotatable bonds is 6. The number of amides is 1. The Labute approximate surface area is 104 Å². The lowest BCUT2D eigenvalue weighted by Gasteiger charge is -2.30. The van der Waals surface area contributed by atoms with E-state index in [1.165, 1.54) is 0 Å². The SMILES string of the molecule is COCCCCNC(=O)C1CC(C)CC(N)C1. The largest absolute Gasteiger partial charge is 0.385 e. The molecule has 1 aliphatic carbocycles. The summed E-state index contributed by atoms with van der Waals surface area (Å²) in [6, 6.07) is 0.197. The number of carbonyl (C=O) groups is 1. The highest BCUT2D eigenvalue weighted by Gasteiger charge is 2.28. The number of nitrogens with one attached hydrogen (secondary N) is 1. The number of ether oxygens (including phenoxy) is 1. The molecule has 17 heavy (non-hydrogen) atoms. The average molecular weight is 242 g/mol. The molecule has 4 nitrogen and oxygen atoms in total. The molecule has 0 aromatic carbocycles. The van der Waals surface area contributed by atoms with Crippen molar-refractivity contribution >= 4 is 5.91 Å². The van der Waals surface area contributed by atoms with E-state index in [-0.39, 0.29) is 17.9 Å². The maximum atomic E-state index is 11.9. The summed E-state index contributed by atoms with van der Waals surface area (Å²) in [5, 5.41) is 3.00. The zero-order valence-electron chi connectivity index (χ0n) is 11.1. The molecule has 0 aromatic heterocycles. The first kappa shape index (κ1) is 14.5. The minimum absolute atomic E-state index is 0.121. The number of hydrogen-bond donors (Lipinski definition) is 2. The molecule has 0 spiro atoms. The zero-order valence-corrected chi connectivity index (χ0v) is 11.1. The van der Waals surface area contributed by atoms with E-state index in [0.717, 1.165) is 45.3 Å². The Balaban J connectivity index is 2.18. The van der Waals surface area contributed by atoms with Crippen molar-refractivity contribution in [1.29, 1.82) is 0 Å². The minimum Gasteiger partial charge on any atom is -0.385 e. The minimum atomic E-state index is 0.121. The van der Waals surface area contributed by atoms with Gasteiger partial charge in [0.25, 0.3) is 0 Å². The molecular weight excluding hydrogens is 216 g/mol. The molecule has 3 atom stereocenters. The van der Waals surface area contributed by atoms with Crippen LogP contribution in [0.5, 0.6) is 0 Å². The molecule has 0 saturated heterocycles. The van der Waals surface area contributed by atoms with Gasteiger partial charge in [-0.2, -0.15) is 0 Å². The van der Waals surface area contributed by atoms with E-state index < -0.39 is 0 Å². The standard InChI is InChI=1S/C13H26N2O2/c1-10-7-11(9-12(14)8-10)13(16)15-5-3-4-6-17-2/h10-12H,3-9,14H2,1-2H3,(H,15,16). The third kappa shape index (κ3) is 5.50. The first-order valence-corrected chi connectivity index (χ1v) is 6.65. The van der Waals surface area contributed by atoms with Crippen molar-refractivity contribution in [3.05, 3.63) is 0 Å². The van der Waals surface area contributed by atoms with E-state index >= 15 is 0 Å². The molecule has 0 aromatic rings. The van der Waals surface area contributed by atoms with Gasteiger partial charge in [-0.05, 0) is 38.0 Å². The van der Waals surface area contributed by atoms with Crippen molar-refractivity contribution in [2.45, 2.75) is 45.1 Å². The number of methoxy groups -OCH3 is 1. The van der Waals surface area contributed by atoms with Crippen LogP contribution in [0.4, 0.5) is 0 Å². The first-order chi connectivity index (χ1) is 8.13. The molecule has 1 fully saturated rings. The third-order valence-electron chi connectivity index (χ3n) is 3.42. The quantitative estimate of drug-likeness (QED) is 0.690. The topological polar surface area (TPSA) is 64.3 Å². The van der Waals surface area contributed by atoms with Gasteiger partial charge in [0.05, 0.1) is 0 Å². The second kappa shape index (κ2) is 7.67. The summed E-state index contributed by atoms with van der Waals surface area (Å²) in [5.41, 5.74) is 5.95. The Morgan fingerprint density at radius 3 is 2.76 bits per heavy atom. The van der Waals surface area contributed by atoms with Gasteiger partial charge in [-0.15, -0.1) is 0 Å². The number of unbranched alkanes of at least 4 members (excludes halogenated alkanes) is 1. The summed E-state index contributed by atoms with van der Waals surface area (Å²) < 4.78 is 4.96. The van der Waals surface area contributed by atoms with Crippen LogP contribution in [-0.4, -0.2) is 32.2 Å². The Morgan fingerprint density at radius 2 is 2.12 bits per heavy atom. The summed E-state index contributed by atoms with van der Waals surface area (Å²) in [7, 11) is 1.70. The van der Waals surface area contributed by atoms with Crippen molar-refractivity contribution in [3.8, 4) is 0 Å². The summed E-state index contributed by atoms with van der Waals surface area (Å²) in [5.74, 6) is 0.878. The van der Waals surface area contributed by atoms with E-state index in [9.17, 15) is 4.79 Å². The van der Waals surface area contributed by atoms with Gasteiger partial charge < -0.3 is 15.8 Å². The maximum Gasteiger partial charge on any atom is 0.223 e. The van der Waals surface area contributed by atoms with Gasteiger partial charge in [0.2, 0.25) is 5.91 Å². The highest BCUT2D eigenvalue weighted by molar-refractivity contribution is 5.78. The van der Waals surface area contributed by atoms with Crippen LogP contribution in [0.2, 0.25) is 0 Å². The van der Waals surface area contributed by atoms with Crippen LogP contribution < -0.4 is 11.1 Å². The summed E-state index contributed by atoms with van der Waals surface area (Å²) in [6.45, 7) is 3.70. The van der Waals surface area contributed by atoms with Crippen molar-refractivity contribution in [3.63, 3.8) is 0 Å². The summed E-state index contributed by atoms with van der Waals surface area (Å²) in [6.07, 6.45) is 4.86. The van der Waals surface area contributed by atoms with Crippen LogP contribution in [-0.2, 0) is 9.53 Å². The summed E-state index contributed by atoms with van der Waals surface area (Å²) in [4.78, 5) is 11.9. The predicted octanol–water partition coefficient (Wildman–Crippen LogP) is 1.29. The smallest absolute Gasteiger partial charge is 0.223 e. The fraction of sp³-hybridized carbons (Fsp3) is 0.923. The van der Waals surface area contributed by atoms with Crippen LogP contribution in [0.25, 0.3) is 0 Å². The van der Waals surface area contributed by atoms with Crippen LogP contribution in [0.15, 0.2) is 0 Å². The lowest BCUT2D eigenvalue weighted by molar-refractivity contribution is -0.126. The van der Waals surface area contributed by atoms with Crippen molar-refractivity contribution in [2.75, 3.05) is 20.3 Å². The van der Waals surface area contributed by atoms with Crippen LogP contribution in [0.3, 0.4) is 0 Å². The Kier molecular flexibility index (Phi) is 6.52. The Hall–Kier alpha value is -0.610. The highest BCUT2D eigenvalue weighted by Crippen LogP contribution is 2.27. The van der Waals surface area contributed by atoms with Gasteiger partial charge in [-0.1, -0.05) is 6.92 Å². The van der Waals surface area contributed by atoms with E-state index in [1.807, 2.05) is 0 Å². The average Bonchev–Trinajstić information content (AvgIpc) is 2.27.